The fourth-order valence-electron chi connectivity index (χ4n) is 3.15. The Kier molecular flexibility index (Phi) is 6.67. The molecule has 1 aromatic carbocycles. The number of methoxy groups -OCH3 is 2. The zero-order valence-corrected chi connectivity index (χ0v) is 15.5. The Balaban J connectivity index is 1.89. The first-order valence-electron chi connectivity index (χ1n) is 8.74. The Morgan fingerprint density at radius 3 is 2.44 bits per heavy atom. The van der Waals surface area contributed by atoms with Crippen LogP contribution in [0, 0.1) is 11.8 Å². The van der Waals surface area contributed by atoms with Crippen molar-refractivity contribution in [2.45, 2.75) is 33.2 Å². The summed E-state index contributed by atoms with van der Waals surface area (Å²) in [6.45, 7) is 5.50. The molecule has 1 heterocycles. The van der Waals surface area contributed by atoms with E-state index in [1.807, 2.05) is 36.9 Å². The second-order valence-electron chi connectivity index (χ2n) is 6.62. The zero-order chi connectivity index (χ0) is 18.4. The van der Waals surface area contributed by atoms with Crippen molar-refractivity contribution >= 4 is 11.8 Å². The summed E-state index contributed by atoms with van der Waals surface area (Å²) < 4.78 is 10.7. The third kappa shape index (κ3) is 4.65. The van der Waals surface area contributed by atoms with Crippen molar-refractivity contribution in [1.82, 2.24) is 10.2 Å². The van der Waals surface area contributed by atoms with Gasteiger partial charge in [0, 0.05) is 37.0 Å². The molecule has 1 aliphatic rings. The molecule has 0 unspecified atom stereocenters. The van der Waals surface area contributed by atoms with E-state index in [0.29, 0.717) is 44.0 Å². The van der Waals surface area contributed by atoms with Crippen LogP contribution in [0.1, 0.15) is 32.3 Å². The van der Waals surface area contributed by atoms with Crippen molar-refractivity contribution in [3.8, 4) is 11.5 Å². The molecule has 0 aliphatic carbocycles. The first-order chi connectivity index (χ1) is 12.0. The summed E-state index contributed by atoms with van der Waals surface area (Å²) in [5.74, 6) is 1.44. The summed E-state index contributed by atoms with van der Waals surface area (Å²) in [6, 6.07) is 5.61. The molecule has 138 valence electrons. The van der Waals surface area contributed by atoms with Gasteiger partial charge < -0.3 is 19.7 Å². The Bertz CT molecular complexity index is 607. The number of para-hydroxylation sites is 1. The Morgan fingerprint density at radius 1 is 1.20 bits per heavy atom. The molecule has 0 saturated carbocycles. The van der Waals surface area contributed by atoms with Gasteiger partial charge in [0.2, 0.25) is 11.8 Å². The minimum absolute atomic E-state index is 0.00547. The fraction of sp³-hybridized carbons (Fsp3) is 0.579. The van der Waals surface area contributed by atoms with Crippen LogP contribution >= 0.6 is 0 Å². The van der Waals surface area contributed by atoms with Gasteiger partial charge in [-0.25, -0.2) is 0 Å². The van der Waals surface area contributed by atoms with Crippen molar-refractivity contribution in [3.05, 3.63) is 23.8 Å². The van der Waals surface area contributed by atoms with Gasteiger partial charge in [-0.15, -0.1) is 0 Å². The van der Waals surface area contributed by atoms with Crippen LogP contribution in [0.4, 0.5) is 0 Å². The second-order valence-corrected chi connectivity index (χ2v) is 6.62. The fourth-order valence-corrected chi connectivity index (χ4v) is 3.15. The van der Waals surface area contributed by atoms with Gasteiger partial charge in [-0.05, 0) is 18.9 Å². The van der Waals surface area contributed by atoms with E-state index in [1.165, 1.54) is 0 Å². The Labute approximate surface area is 149 Å². The summed E-state index contributed by atoms with van der Waals surface area (Å²) in [4.78, 5) is 26.3. The van der Waals surface area contributed by atoms with E-state index in [-0.39, 0.29) is 23.7 Å². The smallest absolute Gasteiger partial charge is 0.225 e. The number of hydrogen-bond acceptors (Lipinski definition) is 4. The summed E-state index contributed by atoms with van der Waals surface area (Å²) in [5, 5.41) is 2.98. The van der Waals surface area contributed by atoms with Crippen molar-refractivity contribution in [3.63, 3.8) is 0 Å². The molecule has 0 radical (unpaired) electrons. The van der Waals surface area contributed by atoms with Crippen LogP contribution in [0.25, 0.3) is 0 Å². The monoisotopic (exact) mass is 348 g/mol. The molecule has 2 amide bonds. The highest BCUT2D eigenvalue weighted by molar-refractivity contribution is 5.80. The predicted molar refractivity (Wildman–Crippen MR) is 95.5 cm³/mol. The maximum atomic E-state index is 12.4. The predicted octanol–water partition coefficient (Wildman–Crippen LogP) is 2.21. The third-order valence-corrected chi connectivity index (χ3v) is 4.61. The summed E-state index contributed by atoms with van der Waals surface area (Å²) in [6.07, 6.45) is 1.42. The van der Waals surface area contributed by atoms with Crippen LogP contribution in [0.5, 0.6) is 11.5 Å². The van der Waals surface area contributed by atoms with E-state index in [2.05, 4.69) is 5.32 Å². The average Bonchev–Trinajstić information content (AvgIpc) is 2.64. The van der Waals surface area contributed by atoms with E-state index in [4.69, 9.17) is 9.47 Å². The number of carbonyl (C=O) groups is 2. The molecule has 6 heteroatoms. The molecule has 1 aromatic rings. The van der Waals surface area contributed by atoms with Gasteiger partial charge >= 0.3 is 0 Å². The van der Waals surface area contributed by atoms with Crippen LogP contribution in [0.3, 0.4) is 0 Å². The van der Waals surface area contributed by atoms with Crippen LogP contribution in [-0.4, -0.2) is 44.0 Å². The molecule has 1 fully saturated rings. The number of carbonyl (C=O) groups excluding carboxylic acids is 2. The molecule has 25 heavy (non-hydrogen) atoms. The van der Waals surface area contributed by atoms with Gasteiger partial charge in [-0.3, -0.25) is 9.59 Å². The largest absolute Gasteiger partial charge is 0.493 e. The van der Waals surface area contributed by atoms with Gasteiger partial charge in [0.25, 0.3) is 0 Å². The molecule has 6 nitrogen and oxygen atoms in total. The topological polar surface area (TPSA) is 67.9 Å². The molecule has 1 saturated heterocycles. The van der Waals surface area contributed by atoms with E-state index >= 15 is 0 Å². The highest BCUT2D eigenvalue weighted by atomic mass is 16.5. The van der Waals surface area contributed by atoms with Crippen molar-refractivity contribution in [2.75, 3.05) is 27.3 Å². The van der Waals surface area contributed by atoms with E-state index in [1.54, 1.807) is 14.2 Å². The van der Waals surface area contributed by atoms with Gasteiger partial charge in [0.1, 0.15) is 0 Å². The molecule has 0 aromatic heterocycles. The summed E-state index contributed by atoms with van der Waals surface area (Å²) >= 11 is 0. The van der Waals surface area contributed by atoms with Crippen molar-refractivity contribution in [2.24, 2.45) is 11.8 Å². The molecular formula is C19H28N2O4. The molecule has 0 spiro atoms. The molecule has 2 rings (SSSR count). The maximum absolute atomic E-state index is 12.4. The van der Waals surface area contributed by atoms with Crippen LogP contribution in [0.15, 0.2) is 18.2 Å². The molecular weight excluding hydrogens is 320 g/mol. The molecule has 0 atom stereocenters. The molecule has 1 N–H and O–H groups in total. The highest BCUT2D eigenvalue weighted by Gasteiger charge is 2.28. The lowest BCUT2D eigenvalue weighted by molar-refractivity contribution is -0.138. The number of benzene rings is 1. The lowest BCUT2D eigenvalue weighted by Gasteiger charge is -2.32. The normalized spacial score (nSPS) is 15.2. The molecule has 1 aliphatic heterocycles. The average molecular weight is 348 g/mol. The number of nitrogens with one attached hydrogen (secondary N) is 1. The maximum Gasteiger partial charge on any atom is 0.225 e. The summed E-state index contributed by atoms with van der Waals surface area (Å²) in [5.41, 5.74) is 0.877. The molecule has 0 bridgehead atoms. The van der Waals surface area contributed by atoms with Crippen LogP contribution in [-0.2, 0) is 16.1 Å². The third-order valence-electron chi connectivity index (χ3n) is 4.61. The van der Waals surface area contributed by atoms with E-state index in [9.17, 15) is 9.59 Å². The van der Waals surface area contributed by atoms with E-state index in [0.717, 1.165) is 5.56 Å². The van der Waals surface area contributed by atoms with Gasteiger partial charge in [0.05, 0.1) is 14.2 Å². The first kappa shape index (κ1) is 19.1. The number of piperidine rings is 1. The van der Waals surface area contributed by atoms with Crippen molar-refractivity contribution in [1.29, 1.82) is 0 Å². The highest BCUT2D eigenvalue weighted by Crippen LogP contribution is 2.30. The zero-order valence-electron chi connectivity index (χ0n) is 15.5. The number of nitrogens with zero attached hydrogens (tertiary/aromatic N) is 1. The quantitative estimate of drug-likeness (QED) is 0.856. The van der Waals surface area contributed by atoms with Gasteiger partial charge in [-0.2, -0.15) is 0 Å². The standard InChI is InChI=1S/C19H28N2O4/c1-13(2)19(23)21-10-8-14(9-11-21)18(22)20-12-15-6-5-7-16(24-3)17(15)25-4/h5-7,13-14H,8-12H2,1-4H3,(H,20,22). The first-order valence-corrected chi connectivity index (χ1v) is 8.74. The van der Waals surface area contributed by atoms with Gasteiger partial charge in [0.15, 0.2) is 11.5 Å². The van der Waals surface area contributed by atoms with E-state index < -0.39 is 0 Å². The number of hydrogen-bond donors (Lipinski definition) is 1. The Morgan fingerprint density at radius 2 is 1.88 bits per heavy atom. The van der Waals surface area contributed by atoms with Gasteiger partial charge in [-0.1, -0.05) is 26.0 Å². The number of ether oxygens (including phenoxy) is 2. The minimum atomic E-state index is -0.0483. The van der Waals surface area contributed by atoms with Crippen LogP contribution < -0.4 is 14.8 Å². The summed E-state index contributed by atoms with van der Waals surface area (Å²) in [7, 11) is 3.18. The minimum Gasteiger partial charge on any atom is -0.493 e. The Hall–Kier alpha value is -2.24. The number of rotatable bonds is 6. The SMILES string of the molecule is COc1cccc(CNC(=O)C2CCN(C(=O)C(C)C)CC2)c1OC. The lowest BCUT2D eigenvalue weighted by Crippen LogP contribution is -2.44. The second kappa shape index (κ2) is 8.74. The lowest BCUT2D eigenvalue weighted by atomic mass is 9.95. The number of amides is 2. The van der Waals surface area contributed by atoms with Crippen molar-refractivity contribution < 1.29 is 19.1 Å². The number of likely N-dealkylation sites (tertiary alicyclic amines) is 1. The van der Waals surface area contributed by atoms with Crippen LogP contribution in [0.2, 0.25) is 0 Å².